The molecule has 0 amide bonds. The van der Waals surface area contributed by atoms with Crippen molar-refractivity contribution in [1.82, 2.24) is 0 Å². The fraction of sp³-hybridized carbons (Fsp3) is 0.733. The predicted molar refractivity (Wildman–Crippen MR) is 69.4 cm³/mol. The van der Waals surface area contributed by atoms with Crippen LogP contribution in [0.15, 0.2) is 23.3 Å². The van der Waals surface area contributed by atoms with Gasteiger partial charge >= 0.3 is 0 Å². The molecule has 96 valence electrons. The monoisotopic (exact) mass is 236 g/mol. The zero-order valence-corrected chi connectivity index (χ0v) is 11.4. The molecule has 0 unspecified atom stereocenters. The van der Waals surface area contributed by atoms with E-state index in [1.807, 2.05) is 0 Å². The van der Waals surface area contributed by atoms with Crippen molar-refractivity contribution in [3.05, 3.63) is 23.3 Å². The molecular formula is C15H24O2. The third-order valence-electron chi connectivity index (χ3n) is 4.03. The summed E-state index contributed by atoms with van der Waals surface area (Å²) in [5.74, 6) is 1.33. The summed E-state index contributed by atoms with van der Waals surface area (Å²) in [4.78, 5) is 10.7. The van der Waals surface area contributed by atoms with E-state index in [0.717, 1.165) is 6.42 Å². The average Bonchev–Trinajstić information content (AvgIpc) is 2.28. The molecule has 0 radical (unpaired) electrons. The van der Waals surface area contributed by atoms with Crippen LogP contribution < -0.4 is 0 Å². The van der Waals surface area contributed by atoms with Gasteiger partial charge < -0.3 is 0 Å². The molecular weight excluding hydrogens is 212 g/mol. The van der Waals surface area contributed by atoms with Crippen LogP contribution in [0.25, 0.3) is 0 Å². The standard InChI is InChI=1S/C15H24O2/c1-10(2)6-5-7-11(3)13-9-14-12(4)8-15(13)17-16-14/h6,8,11,13-15H,5,7,9H2,1-4H3/t11-,13+,14+,15+/m0/s1. The molecule has 0 aromatic rings. The lowest BCUT2D eigenvalue weighted by Gasteiger charge is -2.41. The Balaban J connectivity index is 1.89. The maximum Gasteiger partial charge on any atom is 0.115 e. The van der Waals surface area contributed by atoms with Crippen LogP contribution in [0.5, 0.6) is 0 Å². The number of hydrogen-bond donors (Lipinski definition) is 0. The Kier molecular flexibility index (Phi) is 4.05. The molecule has 2 nitrogen and oxygen atoms in total. The Morgan fingerprint density at radius 3 is 2.76 bits per heavy atom. The van der Waals surface area contributed by atoms with Crippen molar-refractivity contribution >= 4 is 0 Å². The van der Waals surface area contributed by atoms with Crippen LogP contribution in [0.1, 0.15) is 47.0 Å². The lowest BCUT2D eigenvalue weighted by atomic mass is 9.76. The summed E-state index contributed by atoms with van der Waals surface area (Å²) < 4.78 is 0. The van der Waals surface area contributed by atoms with Gasteiger partial charge in [-0.25, -0.2) is 9.78 Å². The van der Waals surface area contributed by atoms with Gasteiger partial charge in [0, 0.05) is 0 Å². The molecule has 2 heterocycles. The van der Waals surface area contributed by atoms with Gasteiger partial charge in [0.1, 0.15) is 12.2 Å². The maximum absolute atomic E-state index is 5.42. The predicted octanol–water partition coefficient (Wildman–Crippen LogP) is 4.03. The SMILES string of the molecule is CC(C)=CCC[C@H](C)[C@H]1C[C@H]2OO[C@@H]1C=C2C. The number of rotatable bonds is 4. The smallest absolute Gasteiger partial charge is 0.115 e. The minimum atomic E-state index is 0.182. The molecule has 2 bridgehead atoms. The first kappa shape index (κ1) is 12.8. The molecule has 0 saturated carbocycles. The Labute approximate surface area is 105 Å². The van der Waals surface area contributed by atoms with Gasteiger partial charge in [-0.1, -0.05) is 24.6 Å². The van der Waals surface area contributed by atoms with Crippen molar-refractivity contribution in [3.8, 4) is 0 Å². The van der Waals surface area contributed by atoms with Crippen molar-refractivity contribution in [2.45, 2.75) is 59.2 Å². The molecule has 17 heavy (non-hydrogen) atoms. The van der Waals surface area contributed by atoms with Gasteiger partial charge in [-0.3, -0.25) is 0 Å². The van der Waals surface area contributed by atoms with E-state index in [2.05, 4.69) is 39.8 Å². The summed E-state index contributed by atoms with van der Waals surface area (Å²) in [7, 11) is 0. The zero-order chi connectivity index (χ0) is 12.4. The van der Waals surface area contributed by atoms with Gasteiger partial charge in [0.2, 0.25) is 0 Å². The van der Waals surface area contributed by atoms with Crippen LogP contribution >= 0.6 is 0 Å². The lowest BCUT2D eigenvalue weighted by molar-refractivity contribution is -0.380. The van der Waals surface area contributed by atoms with E-state index in [-0.39, 0.29) is 12.2 Å². The first-order valence-corrected chi connectivity index (χ1v) is 6.71. The van der Waals surface area contributed by atoms with Crippen molar-refractivity contribution in [3.63, 3.8) is 0 Å². The first-order valence-electron chi connectivity index (χ1n) is 6.71. The number of allylic oxidation sites excluding steroid dienone is 2. The third-order valence-corrected chi connectivity index (χ3v) is 4.03. The van der Waals surface area contributed by atoms with Gasteiger partial charge in [-0.05, 0) is 57.4 Å². The second-order valence-corrected chi connectivity index (χ2v) is 5.79. The summed E-state index contributed by atoms with van der Waals surface area (Å²) >= 11 is 0. The molecule has 1 aliphatic carbocycles. The quantitative estimate of drug-likeness (QED) is 0.542. The number of hydrogen-bond acceptors (Lipinski definition) is 2. The van der Waals surface area contributed by atoms with Crippen molar-refractivity contribution in [1.29, 1.82) is 0 Å². The largest absolute Gasteiger partial charge is 0.228 e. The topological polar surface area (TPSA) is 18.5 Å². The summed E-state index contributed by atoms with van der Waals surface area (Å²) in [5.41, 5.74) is 2.76. The summed E-state index contributed by atoms with van der Waals surface area (Å²) in [6, 6.07) is 0. The van der Waals surface area contributed by atoms with E-state index in [1.54, 1.807) is 0 Å². The molecule has 2 heteroatoms. The molecule has 1 fully saturated rings. The molecule has 3 aliphatic rings. The normalized spacial score (nSPS) is 33.2. The van der Waals surface area contributed by atoms with Gasteiger partial charge in [0.05, 0.1) is 0 Å². The molecule has 4 atom stereocenters. The van der Waals surface area contributed by atoms with E-state index in [9.17, 15) is 0 Å². The summed E-state index contributed by atoms with van der Waals surface area (Å²) in [6.45, 7) is 8.81. The van der Waals surface area contributed by atoms with E-state index < -0.39 is 0 Å². The number of fused-ring (bicyclic) bond motifs is 2. The molecule has 2 aliphatic heterocycles. The highest BCUT2D eigenvalue weighted by molar-refractivity contribution is 5.16. The maximum atomic E-state index is 5.42. The van der Waals surface area contributed by atoms with Crippen LogP contribution in [0.3, 0.4) is 0 Å². The van der Waals surface area contributed by atoms with Crippen LogP contribution in [0, 0.1) is 11.8 Å². The molecule has 0 spiro atoms. The second-order valence-electron chi connectivity index (χ2n) is 5.79. The lowest BCUT2D eigenvalue weighted by Crippen LogP contribution is -2.43. The van der Waals surface area contributed by atoms with Crippen LogP contribution in [0.4, 0.5) is 0 Å². The van der Waals surface area contributed by atoms with E-state index >= 15 is 0 Å². The van der Waals surface area contributed by atoms with Gasteiger partial charge in [-0.15, -0.1) is 0 Å². The fourth-order valence-corrected chi connectivity index (χ4v) is 2.81. The van der Waals surface area contributed by atoms with Crippen molar-refractivity contribution in [2.24, 2.45) is 11.8 Å². The highest BCUT2D eigenvalue weighted by Gasteiger charge is 2.39. The minimum absolute atomic E-state index is 0.182. The highest BCUT2D eigenvalue weighted by Crippen LogP contribution is 2.39. The zero-order valence-electron chi connectivity index (χ0n) is 11.4. The van der Waals surface area contributed by atoms with Gasteiger partial charge in [-0.2, -0.15) is 0 Å². The highest BCUT2D eigenvalue weighted by atomic mass is 17.2. The van der Waals surface area contributed by atoms with Crippen molar-refractivity contribution in [2.75, 3.05) is 0 Å². The molecule has 3 rings (SSSR count). The Bertz CT molecular complexity index is 326. The molecule has 1 saturated heterocycles. The molecule has 0 aromatic heterocycles. The van der Waals surface area contributed by atoms with Gasteiger partial charge in [0.25, 0.3) is 0 Å². The fourth-order valence-electron chi connectivity index (χ4n) is 2.81. The first-order chi connectivity index (χ1) is 8.08. The third kappa shape index (κ3) is 2.99. The average molecular weight is 236 g/mol. The van der Waals surface area contributed by atoms with Gasteiger partial charge in [0.15, 0.2) is 0 Å². The summed E-state index contributed by atoms with van der Waals surface area (Å²) in [5, 5.41) is 0. The Hall–Kier alpha value is -0.600. The molecule has 0 N–H and O–H groups in total. The molecule has 0 aromatic carbocycles. The minimum Gasteiger partial charge on any atom is -0.228 e. The second kappa shape index (κ2) is 5.36. The van der Waals surface area contributed by atoms with E-state index in [1.165, 1.54) is 24.0 Å². The summed E-state index contributed by atoms with van der Waals surface area (Å²) in [6.07, 6.45) is 8.52. The van der Waals surface area contributed by atoms with Crippen LogP contribution in [-0.2, 0) is 9.78 Å². The van der Waals surface area contributed by atoms with E-state index in [0.29, 0.717) is 11.8 Å². The van der Waals surface area contributed by atoms with Crippen LogP contribution in [-0.4, -0.2) is 12.2 Å². The van der Waals surface area contributed by atoms with Crippen LogP contribution in [0.2, 0.25) is 0 Å². The van der Waals surface area contributed by atoms with Crippen molar-refractivity contribution < 1.29 is 9.78 Å². The Morgan fingerprint density at radius 2 is 2.24 bits per heavy atom. The Morgan fingerprint density at radius 1 is 1.47 bits per heavy atom. The van der Waals surface area contributed by atoms with E-state index in [4.69, 9.17) is 9.78 Å².